The number of hydrogen-bond acceptors (Lipinski definition) is 2. The minimum absolute atomic E-state index is 0.840. The molecule has 2 heterocycles. The zero-order valence-electron chi connectivity index (χ0n) is 11.6. The average molecular weight is 257 g/mol. The van der Waals surface area contributed by atoms with Crippen LogP contribution in [0.25, 0.3) is 10.9 Å². The van der Waals surface area contributed by atoms with Crippen LogP contribution in [-0.4, -0.2) is 24.6 Å². The van der Waals surface area contributed by atoms with E-state index in [1.807, 2.05) is 0 Å². The third-order valence-electron chi connectivity index (χ3n) is 4.22. The third-order valence-corrected chi connectivity index (χ3v) is 4.22. The molecule has 102 valence electrons. The van der Waals surface area contributed by atoms with Gasteiger partial charge in [-0.1, -0.05) is 18.2 Å². The van der Waals surface area contributed by atoms with Crippen LogP contribution in [0.3, 0.4) is 0 Å². The maximum absolute atomic E-state index is 3.64. The van der Waals surface area contributed by atoms with Gasteiger partial charge < -0.3 is 15.6 Å². The molecule has 0 atom stereocenters. The number of fused-ring (bicyclic) bond motifs is 1. The van der Waals surface area contributed by atoms with Gasteiger partial charge in [0, 0.05) is 23.1 Å². The molecule has 0 radical (unpaired) electrons. The van der Waals surface area contributed by atoms with Crippen LogP contribution in [0.15, 0.2) is 24.3 Å². The summed E-state index contributed by atoms with van der Waals surface area (Å²) in [6.07, 6.45) is 2.61. The van der Waals surface area contributed by atoms with Gasteiger partial charge in [-0.3, -0.25) is 0 Å². The van der Waals surface area contributed by atoms with Gasteiger partial charge in [0.25, 0.3) is 0 Å². The highest BCUT2D eigenvalue weighted by molar-refractivity contribution is 5.84. The van der Waals surface area contributed by atoms with Gasteiger partial charge >= 0.3 is 0 Å². The summed E-state index contributed by atoms with van der Waals surface area (Å²) >= 11 is 0. The Bertz CT molecular complexity index is 538. The van der Waals surface area contributed by atoms with Crippen molar-refractivity contribution in [2.45, 2.75) is 26.3 Å². The number of H-pyrrole nitrogens is 1. The van der Waals surface area contributed by atoms with Gasteiger partial charge in [0.1, 0.15) is 0 Å². The zero-order valence-corrected chi connectivity index (χ0v) is 11.6. The van der Waals surface area contributed by atoms with Crippen molar-refractivity contribution in [3.05, 3.63) is 35.5 Å². The van der Waals surface area contributed by atoms with Crippen molar-refractivity contribution in [1.82, 2.24) is 15.6 Å². The molecule has 1 fully saturated rings. The highest BCUT2D eigenvalue weighted by atomic mass is 14.9. The molecule has 3 rings (SSSR count). The van der Waals surface area contributed by atoms with Crippen molar-refractivity contribution in [2.24, 2.45) is 5.92 Å². The van der Waals surface area contributed by atoms with E-state index < -0.39 is 0 Å². The van der Waals surface area contributed by atoms with Gasteiger partial charge in [0.15, 0.2) is 0 Å². The van der Waals surface area contributed by atoms with Crippen LogP contribution in [0.4, 0.5) is 0 Å². The van der Waals surface area contributed by atoms with Crippen LogP contribution in [0.1, 0.15) is 24.1 Å². The summed E-state index contributed by atoms with van der Waals surface area (Å²) in [5.41, 5.74) is 3.96. The Morgan fingerprint density at radius 3 is 2.84 bits per heavy atom. The molecule has 1 aromatic carbocycles. The lowest BCUT2D eigenvalue weighted by molar-refractivity contribution is 0.356. The van der Waals surface area contributed by atoms with Gasteiger partial charge in [0.05, 0.1) is 0 Å². The maximum atomic E-state index is 3.64. The largest absolute Gasteiger partial charge is 0.358 e. The van der Waals surface area contributed by atoms with Gasteiger partial charge in [-0.25, -0.2) is 0 Å². The van der Waals surface area contributed by atoms with E-state index in [2.05, 4.69) is 46.8 Å². The first-order valence-electron chi connectivity index (χ1n) is 7.32. The molecule has 1 aliphatic heterocycles. The highest BCUT2D eigenvalue weighted by Crippen LogP contribution is 2.21. The van der Waals surface area contributed by atoms with Gasteiger partial charge in [-0.2, -0.15) is 0 Å². The summed E-state index contributed by atoms with van der Waals surface area (Å²) in [6.45, 7) is 6.64. The second-order valence-electron chi connectivity index (χ2n) is 5.60. The number of rotatable bonds is 4. The molecule has 1 aliphatic rings. The van der Waals surface area contributed by atoms with E-state index in [1.165, 1.54) is 48.1 Å². The molecular weight excluding hydrogens is 234 g/mol. The first-order valence-corrected chi connectivity index (χ1v) is 7.32. The molecule has 0 unspecified atom stereocenters. The molecule has 3 heteroatoms. The Hall–Kier alpha value is -1.32. The Morgan fingerprint density at radius 2 is 2.00 bits per heavy atom. The van der Waals surface area contributed by atoms with Crippen molar-refractivity contribution in [1.29, 1.82) is 0 Å². The van der Waals surface area contributed by atoms with Crippen LogP contribution in [0, 0.1) is 12.8 Å². The molecule has 0 bridgehead atoms. The first-order chi connectivity index (χ1) is 9.34. The van der Waals surface area contributed by atoms with Crippen molar-refractivity contribution < 1.29 is 0 Å². The van der Waals surface area contributed by atoms with Gasteiger partial charge in [0.2, 0.25) is 0 Å². The minimum atomic E-state index is 0.840. The molecule has 0 aliphatic carbocycles. The van der Waals surface area contributed by atoms with E-state index in [1.54, 1.807) is 0 Å². The molecule has 3 nitrogen and oxygen atoms in total. The lowest BCUT2D eigenvalue weighted by Crippen LogP contribution is -2.33. The minimum Gasteiger partial charge on any atom is -0.358 e. The number of piperidine rings is 1. The van der Waals surface area contributed by atoms with E-state index in [0.29, 0.717) is 0 Å². The van der Waals surface area contributed by atoms with Crippen LogP contribution >= 0.6 is 0 Å². The number of benzene rings is 1. The number of nitrogens with one attached hydrogen (secondary N) is 3. The SMILES string of the molecule is Cc1[nH]c2ccccc2c1CNCC1CCNCC1. The molecule has 0 amide bonds. The fourth-order valence-corrected chi connectivity index (χ4v) is 3.05. The molecular formula is C16H23N3. The van der Waals surface area contributed by atoms with Gasteiger partial charge in [-0.15, -0.1) is 0 Å². The molecule has 2 aromatic rings. The van der Waals surface area contributed by atoms with Crippen LogP contribution in [0.2, 0.25) is 0 Å². The predicted molar refractivity (Wildman–Crippen MR) is 80.3 cm³/mol. The zero-order chi connectivity index (χ0) is 13.1. The standard InChI is InChI=1S/C16H23N3/c1-12-15(14-4-2-3-5-16(14)19-12)11-18-10-13-6-8-17-9-7-13/h2-5,13,17-19H,6-11H2,1H3. The summed E-state index contributed by atoms with van der Waals surface area (Å²) in [5, 5.41) is 8.42. The molecule has 1 aromatic heterocycles. The summed E-state index contributed by atoms with van der Waals surface area (Å²) in [4.78, 5) is 3.47. The molecule has 19 heavy (non-hydrogen) atoms. The predicted octanol–water partition coefficient (Wildman–Crippen LogP) is 2.57. The Morgan fingerprint density at radius 1 is 1.21 bits per heavy atom. The number of aryl methyl sites for hydroxylation is 1. The first kappa shape index (κ1) is 12.7. The van der Waals surface area contributed by atoms with Crippen LogP contribution < -0.4 is 10.6 Å². The highest BCUT2D eigenvalue weighted by Gasteiger charge is 2.13. The molecule has 3 N–H and O–H groups in total. The van der Waals surface area contributed by atoms with E-state index in [9.17, 15) is 0 Å². The second kappa shape index (κ2) is 5.76. The van der Waals surface area contributed by atoms with Crippen LogP contribution in [0.5, 0.6) is 0 Å². The van der Waals surface area contributed by atoms with Crippen molar-refractivity contribution in [3.8, 4) is 0 Å². The Balaban J connectivity index is 1.63. The average Bonchev–Trinajstić information content (AvgIpc) is 2.76. The van der Waals surface area contributed by atoms with Crippen LogP contribution in [-0.2, 0) is 6.54 Å². The van der Waals surface area contributed by atoms with E-state index in [4.69, 9.17) is 0 Å². The summed E-state index contributed by atoms with van der Waals surface area (Å²) in [6, 6.07) is 8.56. The number of aromatic amines is 1. The van der Waals surface area contributed by atoms with Gasteiger partial charge in [-0.05, 0) is 56.9 Å². The topological polar surface area (TPSA) is 39.9 Å². The molecule has 0 saturated carbocycles. The maximum Gasteiger partial charge on any atom is 0.0459 e. The third kappa shape index (κ3) is 2.82. The van der Waals surface area contributed by atoms with E-state index in [-0.39, 0.29) is 0 Å². The van der Waals surface area contributed by atoms with Crippen molar-refractivity contribution >= 4 is 10.9 Å². The van der Waals surface area contributed by atoms with E-state index >= 15 is 0 Å². The number of hydrogen-bond donors (Lipinski definition) is 3. The number of aromatic nitrogens is 1. The van der Waals surface area contributed by atoms with Crippen molar-refractivity contribution in [2.75, 3.05) is 19.6 Å². The molecule has 1 saturated heterocycles. The Kier molecular flexibility index (Phi) is 3.85. The summed E-state index contributed by atoms with van der Waals surface area (Å²) < 4.78 is 0. The summed E-state index contributed by atoms with van der Waals surface area (Å²) in [7, 11) is 0. The quantitative estimate of drug-likeness (QED) is 0.788. The van der Waals surface area contributed by atoms with Crippen molar-refractivity contribution in [3.63, 3.8) is 0 Å². The summed E-state index contributed by atoms with van der Waals surface area (Å²) in [5.74, 6) is 0.840. The lowest BCUT2D eigenvalue weighted by atomic mass is 9.98. The fraction of sp³-hybridized carbons (Fsp3) is 0.500. The second-order valence-corrected chi connectivity index (χ2v) is 5.60. The normalized spacial score (nSPS) is 17.1. The molecule has 0 spiro atoms. The Labute approximate surface area is 114 Å². The number of para-hydroxylation sites is 1. The monoisotopic (exact) mass is 257 g/mol. The fourth-order valence-electron chi connectivity index (χ4n) is 3.05. The lowest BCUT2D eigenvalue weighted by Gasteiger charge is -2.22. The van der Waals surface area contributed by atoms with E-state index in [0.717, 1.165) is 19.0 Å². The smallest absolute Gasteiger partial charge is 0.0459 e.